The molecule has 0 aliphatic rings. The zero-order valence-electron chi connectivity index (χ0n) is 13.9. The van der Waals surface area contributed by atoms with Gasteiger partial charge in [-0.15, -0.1) is 0 Å². The highest BCUT2D eigenvalue weighted by molar-refractivity contribution is 6.06. The molecule has 1 aromatic heterocycles. The fraction of sp³-hybridized carbons (Fsp3) is 0. The molecule has 26 heavy (non-hydrogen) atoms. The highest BCUT2D eigenvalue weighted by Crippen LogP contribution is 2.23. The standard InChI is InChI=1S/C22H16N2O2/c25-22(23-18-7-3-1-4-8-18)17-11-13-20-16(15-17)12-14-21(24-20)26-19-9-5-2-6-10-19/h1-15H,(H,23,25). The van der Waals surface area contributed by atoms with Crippen LogP contribution in [0, 0.1) is 0 Å². The topological polar surface area (TPSA) is 51.2 Å². The summed E-state index contributed by atoms with van der Waals surface area (Å²) in [5.74, 6) is 1.10. The fourth-order valence-corrected chi connectivity index (χ4v) is 2.64. The van der Waals surface area contributed by atoms with Gasteiger partial charge >= 0.3 is 0 Å². The van der Waals surface area contributed by atoms with Crippen LogP contribution in [0.5, 0.6) is 11.6 Å². The number of amides is 1. The van der Waals surface area contributed by atoms with Crippen LogP contribution in [0.3, 0.4) is 0 Å². The number of pyridine rings is 1. The number of anilines is 1. The monoisotopic (exact) mass is 340 g/mol. The first kappa shape index (κ1) is 15.8. The number of nitrogens with one attached hydrogen (secondary N) is 1. The summed E-state index contributed by atoms with van der Waals surface area (Å²) >= 11 is 0. The highest BCUT2D eigenvalue weighted by Gasteiger charge is 2.08. The predicted molar refractivity (Wildman–Crippen MR) is 103 cm³/mol. The molecule has 0 aliphatic heterocycles. The van der Waals surface area contributed by atoms with E-state index in [0.717, 1.165) is 22.3 Å². The molecule has 0 fully saturated rings. The van der Waals surface area contributed by atoms with Crippen LogP contribution in [0.4, 0.5) is 5.69 Å². The minimum absolute atomic E-state index is 0.150. The molecule has 4 rings (SSSR count). The SMILES string of the molecule is O=C(Nc1ccccc1)c1ccc2nc(Oc3ccccc3)ccc2c1. The summed E-state index contributed by atoms with van der Waals surface area (Å²) in [6.07, 6.45) is 0. The maximum atomic E-state index is 12.4. The zero-order valence-corrected chi connectivity index (χ0v) is 13.9. The van der Waals surface area contributed by atoms with Crippen molar-refractivity contribution in [2.75, 3.05) is 5.32 Å². The number of hydrogen-bond acceptors (Lipinski definition) is 3. The van der Waals surface area contributed by atoms with Crippen molar-refractivity contribution < 1.29 is 9.53 Å². The van der Waals surface area contributed by atoms with Gasteiger partial charge in [0, 0.05) is 22.7 Å². The van der Waals surface area contributed by atoms with E-state index in [0.29, 0.717) is 11.4 Å². The molecule has 0 aliphatic carbocycles. The minimum atomic E-state index is -0.150. The third-order valence-electron chi connectivity index (χ3n) is 3.92. The molecule has 0 spiro atoms. The normalized spacial score (nSPS) is 10.5. The summed E-state index contributed by atoms with van der Waals surface area (Å²) in [6.45, 7) is 0. The zero-order chi connectivity index (χ0) is 17.8. The Bertz CT molecular complexity index is 1050. The lowest BCUT2D eigenvalue weighted by molar-refractivity contribution is 0.102. The lowest BCUT2D eigenvalue weighted by atomic mass is 10.1. The van der Waals surface area contributed by atoms with Gasteiger partial charge in [-0.1, -0.05) is 36.4 Å². The van der Waals surface area contributed by atoms with E-state index in [9.17, 15) is 4.79 Å². The van der Waals surface area contributed by atoms with Gasteiger partial charge < -0.3 is 10.1 Å². The van der Waals surface area contributed by atoms with Crippen LogP contribution in [-0.4, -0.2) is 10.9 Å². The van der Waals surface area contributed by atoms with Gasteiger partial charge in [0.05, 0.1) is 5.52 Å². The second kappa shape index (κ2) is 7.07. The van der Waals surface area contributed by atoms with E-state index >= 15 is 0 Å². The van der Waals surface area contributed by atoms with Crippen molar-refractivity contribution in [3.05, 3.63) is 96.6 Å². The number of fused-ring (bicyclic) bond motifs is 1. The van der Waals surface area contributed by atoms with E-state index in [2.05, 4.69) is 10.3 Å². The van der Waals surface area contributed by atoms with E-state index in [4.69, 9.17) is 4.74 Å². The molecule has 0 atom stereocenters. The molecule has 0 bridgehead atoms. The van der Waals surface area contributed by atoms with Crippen LogP contribution in [0.1, 0.15) is 10.4 Å². The van der Waals surface area contributed by atoms with Gasteiger partial charge in [-0.25, -0.2) is 4.98 Å². The van der Waals surface area contributed by atoms with Crippen molar-refractivity contribution in [1.29, 1.82) is 0 Å². The van der Waals surface area contributed by atoms with Crippen LogP contribution in [-0.2, 0) is 0 Å². The van der Waals surface area contributed by atoms with E-state index in [1.54, 1.807) is 12.1 Å². The molecule has 3 aromatic carbocycles. The molecule has 126 valence electrons. The van der Waals surface area contributed by atoms with E-state index < -0.39 is 0 Å². The van der Waals surface area contributed by atoms with Crippen LogP contribution < -0.4 is 10.1 Å². The van der Waals surface area contributed by atoms with Crippen molar-refractivity contribution >= 4 is 22.5 Å². The highest BCUT2D eigenvalue weighted by atomic mass is 16.5. The van der Waals surface area contributed by atoms with Crippen molar-refractivity contribution in [3.63, 3.8) is 0 Å². The molecule has 0 saturated carbocycles. The molecule has 1 heterocycles. The average Bonchev–Trinajstić information content (AvgIpc) is 2.69. The number of carbonyl (C=O) groups is 1. The lowest BCUT2D eigenvalue weighted by Crippen LogP contribution is -2.11. The second-order valence-corrected chi connectivity index (χ2v) is 5.79. The minimum Gasteiger partial charge on any atom is -0.439 e. The molecule has 4 aromatic rings. The molecule has 0 saturated heterocycles. The van der Waals surface area contributed by atoms with Crippen LogP contribution in [0.15, 0.2) is 91.0 Å². The molecule has 0 unspecified atom stereocenters. The van der Waals surface area contributed by atoms with Crippen molar-refractivity contribution in [1.82, 2.24) is 4.98 Å². The smallest absolute Gasteiger partial charge is 0.255 e. The molecule has 4 heteroatoms. The van der Waals surface area contributed by atoms with Gasteiger partial charge in [-0.3, -0.25) is 4.79 Å². The maximum Gasteiger partial charge on any atom is 0.255 e. The summed E-state index contributed by atoms with van der Waals surface area (Å²) < 4.78 is 5.75. The Labute approximate surface area is 151 Å². The van der Waals surface area contributed by atoms with Crippen LogP contribution >= 0.6 is 0 Å². The van der Waals surface area contributed by atoms with Gasteiger partial charge in [-0.05, 0) is 48.5 Å². The number of para-hydroxylation sites is 2. The van der Waals surface area contributed by atoms with Crippen molar-refractivity contribution in [2.45, 2.75) is 0 Å². The number of carbonyl (C=O) groups excluding carboxylic acids is 1. The predicted octanol–water partition coefficient (Wildman–Crippen LogP) is 5.28. The molecule has 0 radical (unpaired) electrons. The summed E-state index contributed by atoms with van der Waals surface area (Å²) in [7, 11) is 0. The Morgan fingerprint density at radius 1 is 0.808 bits per heavy atom. The number of hydrogen-bond donors (Lipinski definition) is 1. The summed E-state index contributed by atoms with van der Waals surface area (Å²) in [4.78, 5) is 16.9. The summed E-state index contributed by atoms with van der Waals surface area (Å²) in [5.41, 5.74) is 2.12. The van der Waals surface area contributed by atoms with Crippen molar-refractivity contribution in [3.8, 4) is 11.6 Å². The fourth-order valence-electron chi connectivity index (χ4n) is 2.64. The number of ether oxygens (including phenoxy) is 1. The first-order chi connectivity index (χ1) is 12.8. The maximum absolute atomic E-state index is 12.4. The van der Waals surface area contributed by atoms with Crippen LogP contribution in [0.2, 0.25) is 0 Å². The van der Waals surface area contributed by atoms with Gasteiger partial charge in [0.2, 0.25) is 5.88 Å². The molecular formula is C22H16N2O2. The lowest BCUT2D eigenvalue weighted by Gasteiger charge is -2.08. The number of benzene rings is 3. The van der Waals surface area contributed by atoms with E-state index in [1.165, 1.54) is 0 Å². The Kier molecular flexibility index (Phi) is 4.31. The van der Waals surface area contributed by atoms with Gasteiger partial charge in [0.25, 0.3) is 5.91 Å². The molecular weight excluding hydrogens is 324 g/mol. The second-order valence-electron chi connectivity index (χ2n) is 5.79. The molecule has 1 amide bonds. The largest absolute Gasteiger partial charge is 0.439 e. The molecule has 1 N–H and O–H groups in total. The first-order valence-electron chi connectivity index (χ1n) is 8.28. The van der Waals surface area contributed by atoms with Gasteiger partial charge in [0.15, 0.2) is 0 Å². The van der Waals surface area contributed by atoms with Gasteiger partial charge in [-0.2, -0.15) is 0 Å². The van der Waals surface area contributed by atoms with Crippen molar-refractivity contribution in [2.24, 2.45) is 0 Å². The number of aromatic nitrogens is 1. The third-order valence-corrected chi connectivity index (χ3v) is 3.92. The third kappa shape index (κ3) is 3.54. The summed E-state index contributed by atoms with van der Waals surface area (Å²) in [5, 5.41) is 3.76. The first-order valence-corrected chi connectivity index (χ1v) is 8.28. The number of rotatable bonds is 4. The molecule has 4 nitrogen and oxygen atoms in total. The number of nitrogens with zero attached hydrogens (tertiary/aromatic N) is 1. The Morgan fingerprint density at radius 2 is 1.54 bits per heavy atom. The Balaban J connectivity index is 1.56. The average molecular weight is 340 g/mol. The van der Waals surface area contributed by atoms with Crippen LogP contribution in [0.25, 0.3) is 10.9 Å². The Hall–Kier alpha value is -3.66. The van der Waals surface area contributed by atoms with E-state index in [1.807, 2.05) is 78.9 Å². The quantitative estimate of drug-likeness (QED) is 0.550. The Morgan fingerprint density at radius 3 is 2.31 bits per heavy atom. The van der Waals surface area contributed by atoms with E-state index in [-0.39, 0.29) is 5.91 Å². The van der Waals surface area contributed by atoms with Gasteiger partial charge in [0.1, 0.15) is 5.75 Å². The summed E-state index contributed by atoms with van der Waals surface area (Å²) in [6, 6.07) is 28.0.